The summed E-state index contributed by atoms with van der Waals surface area (Å²) in [6.07, 6.45) is 3.25. The van der Waals surface area contributed by atoms with E-state index < -0.39 is 0 Å². The first-order valence-electron chi connectivity index (χ1n) is 8.80. The molecule has 1 atom stereocenters. The van der Waals surface area contributed by atoms with Crippen LogP contribution in [0.15, 0.2) is 34.7 Å². The van der Waals surface area contributed by atoms with E-state index in [4.69, 9.17) is 39.2 Å². The van der Waals surface area contributed by atoms with Crippen molar-refractivity contribution in [2.24, 2.45) is 0 Å². The van der Waals surface area contributed by atoms with Crippen molar-refractivity contribution in [1.82, 2.24) is 9.88 Å². The van der Waals surface area contributed by atoms with Gasteiger partial charge in [-0.15, -0.1) is 0 Å². The molecule has 1 saturated heterocycles. The summed E-state index contributed by atoms with van der Waals surface area (Å²) in [4.78, 5) is 19.3. The van der Waals surface area contributed by atoms with Crippen molar-refractivity contribution >= 4 is 51.8 Å². The molecule has 140 valence electrons. The molecule has 27 heavy (non-hydrogen) atoms. The normalized spacial score (nSPS) is 17.5. The number of halogens is 3. The number of aromatic nitrogens is 1. The van der Waals surface area contributed by atoms with E-state index >= 15 is 0 Å². The van der Waals surface area contributed by atoms with Gasteiger partial charge in [0.2, 0.25) is 5.89 Å². The Morgan fingerprint density at radius 1 is 1.19 bits per heavy atom. The third kappa shape index (κ3) is 3.54. The molecule has 7 heteroatoms. The molecule has 1 fully saturated rings. The molecule has 1 aliphatic heterocycles. The third-order valence-corrected chi connectivity index (χ3v) is 5.94. The fourth-order valence-electron chi connectivity index (χ4n) is 3.45. The van der Waals surface area contributed by atoms with Crippen molar-refractivity contribution in [3.8, 4) is 11.5 Å². The predicted molar refractivity (Wildman–Crippen MR) is 109 cm³/mol. The zero-order valence-electron chi connectivity index (χ0n) is 14.6. The monoisotopic (exact) mass is 422 g/mol. The van der Waals surface area contributed by atoms with Crippen LogP contribution >= 0.6 is 34.8 Å². The number of hydrogen-bond donors (Lipinski definition) is 0. The number of likely N-dealkylation sites (tertiary alicyclic amines) is 1. The first kappa shape index (κ1) is 18.6. The summed E-state index contributed by atoms with van der Waals surface area (Å²) in [5.74, 6) is 0.341. The van der Waals surface area contributed by atoms with E-state index in [-0.39, 0.29) is 11.9 Å². The Balaban J connectivity index is 1.71. The van der Waals surface area contributed by atoms with Crippen LogP contribution in [0.2, 0.25) is 15.1 Å². The Kier molecular flexibility index (Phi) is 5.06. The summed E-state index contributed by atoms with van der Waals surface area (Å²) in [6.45, 7) is 2.88. The lowest BCUT2D eigenvalue weighted by Gasteiger charge is -2.33. The van der Waals surface area contributed by atoms with Gasteiger partial charge in [-0.2, -0.15) is 0 Å². The summed E-state index contributed by atoms with van der Waals surface area (Å²) in [5, 5.41) is 1.10. The number of fused-ring (bicyclic) bond motifs is 1. The zero-order valence-corrected chi connectivity index (χ0v) is 16.9. The van der Waals surface area contributed by atoms with Crippen LogP contribution in [0.3, 0.4) is 0 Å². The van der Waals surface area contributed by atoms with Gasteiger partial charge in [-0.25, -0.2) is 4.98 Å². The Morgan fingerprint density at radius 3 is 2.78 bits per heavy atom. The summed E-state index contributed by atoms with van der Waals surface area (Å²) in [5.41, 5.74) is 2.28. The van der Waals surface area contributed by atoms with Gasteiger partial charge < -0.3 is 9.32 Å². The van der Waals surface area contributed by atoms with Crippen molar-refractivity contribution in [2.45, 2.75) is 32.2 Å². The number of hydrogen-bond acceptors (Lipinski definition) is 3. The minimum atomic E-state index is 0.0254. The molecular weight excluding hydrogens is 407 g/mol. The van der Waals surface area contributed by atoms with Gasteiger partial charge in [0.1, 0.15) is 5.52 Å². The van der Waals surface area contributed by atoms with E-state index in [1.165, 1.54) is 6.42 Å². The maximum atomic E-state index is 12.9. The molecule has 4 nitrogen and oxygen atoms in total. The largest absolute Gasteiger partial charge is 0.436 e. The highest BCUT2D eigenvalue weighted by Crippen LogP contribution is 2.37. The maximum Gasteiger partial charge on any atom is 0.254 e. The number of nitrogens with zero attached hydrogens (tertiary/aromatic N) is 2. The summed E-state index contributed by atoms with van der Waals surface area (Å²) in [6, 6.07) is 8.76. The lowest BCUT2D eigenvalue weighted by Crippen LogP contribution is -2.42. The van der Waals surface area contributed by atoms with Crippen LogP contribution in [-0.2, 0) is 0 Å². The van der Waals surface area contributed by atoms with Gasteiger partial charge in [0.25, 0.3) is 5.91 Å². The lowest BCUT2D eigenvalue weighted by atomic mass is 10.0. The second-order valence-corrected chi connectivity index (χ2v) is 8.02. The Labute approximate surface area is 172 Å². The Hall–Kier alpha value is -1.75. The quantitative estimate of drug-likeness (QED) is 0.444. The molecule has 0 radical (unpaired) electrons. The topological polar surface area (TPSA) is 46.3 Å². The predicted octanol–water partition coefficient (Wildman–Crippen LogP) is 6.47. The second-order valence-electron chi connectivity index (χ2n) is 6.79. The SMILES string of the molecule is C[C@@H]1CCCCN1C(=O)c1ccc2oc(-c3cc(Cl)cc(Cl)c3Cl)nc2c1. The van der Waals surface area contributed by atoms with Crippen LogP contribution in [-0.4, -0.2) is 28.4 Å². The molecule has 0 N–H and O–H groups in total. The van der Waals surface area contributed by atoms with Gasteiger partial charge in [0.15, 0.2) is 5.58 Å². The first-order valence-corrected chi connectivity index (χ1v) is 9.94. The number of rotatable bonds is 2. The van der Waals surface area contributed by atoms with Crippen LogP contribution in [0.25, 0.3) is 22.6 Å². The number of benzene rings is 2. The molecule has 2 aromatic carbocycles. The summed E-state index contributed by atoms with van der Waals surface area (Å²) < 4.78 is 5.81. The van der Waals surface area contributed by atoms with Gasteiger partial charge in [-0.05, 0) is 56.5 Å². The molecular formula is C20H17Cl3N2O2. The molecule has 0 aliphatic carbocycles. The van der Waals surface area contributed by atoms with Crippen LogP contribution in [0, 0.1) is 0 Å². The summed E-state index contributed by atoms with van der Waals surface area (Å²) in [7, 11) is 0. The van der Waals surface area contributed by atoms with Gasteiger partial charge in [0.05, 0.1) is 15.6 Å². The van der Waals surface area contributed by atoms with Crippen molar-refractivity contribution in [2.75, 3.05) is 6.54 Å². The number of oxazole rings is 1. The molecule has 0 saturated carbocycles. The van der Waals surface area contributed by atoms with Crippen molar-refractivity contribution in [3.05, 3.63) is 51.0 Å². The van der Waals surface area contributed by atoms with Crippen LogP contribution in [0.5, 0.6) is 0 Å². The van der Waals surface area contributed by atoms with Crippen molar-refractivity contribution < 1.29 is 9.21 Å². The molecule has 2 heterocycles. The van der Waals surface area contributed by atoms with Crippen LogP contribution < -0.4 is 0 Å². The molecule has 3 aromatic rings. The fourth-order valence-corrected chi connectivity index (χ4v) is 4.14. The molecule has 0 bridgehead atoms. The minimum absolute atomic E-state index is 0.0254. The highest BCUT2D eigenvalue weighted by Gasteiger charge is 2.25. The highest BCUT2D eigenvalue weighted by molar-refractivity contribution is 6.44. The number of carbonyl (C=O) groups is 1. The molecule has 4 rings (SSSR count). The van der Waals surface area contributed by atoms with Gasteiger partial charge in [-0.3, -0.25) is 4.79 Å². The van der Waals surface area contributed by atoms with E-state index in [1.807, 2.05) is 4.90 Å². The van der Waals surface area contributed by atoms with E-state index in [0.717, 1.165) is 19.4 Å². The molecule has 1 aromatic heterocycles. The number of carbonyl (C=O) groups excluding carboxylic acids is 1. The average Bonchev–Trinajstić information content (AvgIpc) is 3.07. The van der Waals surface area contributed by atoms with Crippen molar-refractivity contribution in [3.63, 3.8) is 0 Å². The van der Waals surface area contributed by atoms with E-state index in [0.29, 0.717) is 43.2 Å². The Bertz CT molecular complexity index is 1030. The molecule has 0 unspecified atom stereocenters. The smallest absolute Gasteiger partial charge is 0.254 e. The first-order chi connectivity index (χ1) is 12.9. The average molecular weight is 424 g/mol. The highest BCUT2D eigenvalue weighted by atomic mass is 35.5. The van der Waals surface area contributed by atoms with E-state index in [2.05, 4.69) is 11.9 Å². The van der Waals surface area contributed by atoms with Gasteiger partial charge in [0, 0.05) is 23.2 Å². The lowest BCUT2D eigenvalue weighted by molar-refractivity contribution is 0.0636. The third-order valence-electron chi connectivity index (χ3n) is 4.92. The molecule has 1 amide bonds. The maximum absolute atomic E-state index is 12.9. The van der Waals surface area contributed by atoms with Crippen LogP contribution in [0.1, 0.15) is 36.5 Å². The number of amides is 1. The Morgan fingerprint density at radius 2 is 2.00 bits per heavy atom. The number of piperidine rings is 1. The van der Waals surface area contributed by atoms with E-state index in [9.17, 15) is 4.79 Å². The van der Waals surface area contributed by atoms with Gasteiger partial charge >= 0.3 is 0 Å². The molecule has 0 spiro atoms. The minimum Gasteiger partial charge on any atom is -0.436 e. The van der Waals surface area contributed by atoms with Crippen LogP contribution in [0.4, 0.5) is 0 Å². The standard InChI is InChI=1S/C20H17Cl3N2O2/c1-11-4-2-3-7-25(11)20(26)12-5-6-17-16(8-12)24-19(27-17)14-9-13(21)10-15(22)18(14)23/h5-6,8-11H,2-4,7H2,1H3/t11-/m1/s1. The second kappa shape index (κ2) is 7.34. The van der Waals surface area contributed by atoms with Gasteiger partial charge in [-0.1, -0.05) is 34.8 Å². The fraction of sp³-hybridized carbons (Fsp3) is 0.300. The van der Waals surface area contributed by atoms with Crippen molar-refractivity contribution in [1.29, 1.82) is 0 Å². The molecule has 1 aliphatic rings. The zero-order chi connectivity index (χ0) is 19.1. The van der Waals surface area contributed by atoms with E-state index in [1.54, 1.807) is 30.3 Å². The summed E-state index contributed by atoms with van der Waals surface area (Å²) >= 11 is 18.4.